The average Bonchev–Trinajstić information content (AvgIpc) is 2.89. The fourth-order valence-corrected chi connectivity index (χ4v) is 4.41. The van der Waals surface area contributed by atoms with E-state index in [0.717, 1.165) is 30.2 Å². The van der Waals surface area contributed by atoms with Crippen LogP contribution < -0.4 is 5.73 Å². The Kier molecular flexibility index (Phi) is 4.83. The van der Waals surface area contributed by atoms with E-state index in [4.69, 9.17) is 5.73 Å². The second kappa shape index (κ2) is 6.01. The highest BCUT2D eigenvalue weighted by Gasteiger charge is 2.34. The maximum absolute atomic E-state index is 10.5. The summed E-state index contributed by atoms with van der Waals surface area (Å²) in [5.74, 6) is 0. The lowest BCUT2D eigenvalue weighted by Gasteiger charge is -2.33. The lowest BCUT2D eigenvalue weighted by atomic mass is 10.0. The van der Waals surface area contributed by atoms with Crippen LogP contribution in [0.25, 0.3) is 0 Å². The molecule has 0 aromatic carbocycles. The van der Waals surface area contributed by atoms with Gasteiger partial charge in [-0.1, -0.05) is 12.8 Å². The second-order valence-electron chi connectivity index (χ2n) is 5.27. The van der Waals surface area contributed by atoms with Crippen LogP contribution in [0.3, 0.4) is 0 Å². The Bertz CT molecular complexity index is 390. The number of thiophene rings is 1. The van der Waals surface area contributed by atoms with Gasteiger partial charge in [-0.15, -0.1) is 11.3 Å². The summed E-state index contributed by atoms with van der Waals surface area (Å²) in [4.78, 5) is 3.46. The monoisotopic (exact) mass is 332 g/mol. The van der Waals surface area contributed by atoms with Gasteiger partial charge in [-0.3, -0.25) is 4.90 Å². The van der Waals surface area contributed by atoms with E-state index in [1.807, 2.05) is 0 Å². The van der Waals surface area contributed by atoms with Gasteiger partial charge in [0, 0.05) is 27.8 Å². The average molecular weight is 333 g/mol. The van der Waals surface area contributed by atoms with Crippen molar-refractivity contribution in [3.63, 3.8) is 0 Å². The Hall–Kier alpha value is 0.0600. The quantitative estimate of drug-likeness (QED) is 0.871. The van der Waals surface area contributed by atoms with Gasteiger partial charge in [-0.25, -0.2) is 0 Å². The maximum atomic E-state index is 10.5. The van der Waals surface area contributed by atoms with Gasteiger partial charge < -0.3 is 10.8 Å². The first kappa shape index (κ1) is 14.5. The minimum atomic E-state index is -0.503. The molecule has 1 atom stereocenters. The summed E-state index contributed by atoms with van der Waals surface area (Å²) in [7, 11) is 2.06. The Balaban J connectivity index is 2.03. The van der Waals surface area contributed by atoms with Crippen molar-refractivity contribution in [3.8, 4) is 0 Å². The fraction of sp³-hybridized carbons (Fsp3) is 0.692. The SMILES string of the molecule is CN(CC1(O)CCCC1)C(CN)c1cc(Br)cs1. The Morgan fingerprint density at radius 3 is 2.72 bits per heavy atom. The molecule has 1 aliphatic carbocycles. The van der Waals surface area contributed by atoms with Gasteiger partial charge in [-0.05, 0) is 41.9 Å². The van der Waals surface area contributed by atoms with Crippen LogP contribution in [0.15, 0.2) is 15.9 Å². The number of hydrogen-bond acceptors (Lipinski definition) is 4. The largest absolute Gasteiger partial charge is 0.389 e. The molecule has 1 fully saturated rings. The van der Waals surface area contributed by atoms with Gasteiger partial charge in [-0.2, -0.15) is 0 Å². The summed E-state index contributed by atoms with van der Waals surface area (Å²) in [6.45, 7) is 1.30. The lowest BCUT2D eigenvalue weighted by Crippen LogP contribution is -2.42. The first-order valence-corrected chi connectivity index (χ1v) is 8.08. The molecule has 1 heterocycles. The predicted octanol–water partition coefficient (Wildman–Crippen LogP) is 2.75. The highest BCUT2D eigenvalue weighted by molar-refractivity contribution is 9.10. The molecule has 0 saturated heterocycles. The van der Waals surface area contributed by atoms with Crippen LogP contribution in [0.1, 0.15) is 36.6 Å². The third-order valence-electron chi connectivity index (χ3n) is 3.75. The Morgan fingerprint density at radius 1 is 1.56 bits per heavy atom. The van der Waals surface area contributed by atoms with Gasteiger partial charge in [0.05, 0.1) is 11.6 Å². The lowest BCUT2D eigenvalue weighted by molar-refractivity contribution is 0.00630. The molecule has 0 spiro atoms. The third-order valence-corrected chi connectivity index (χ3v) is 5.54. The molecule has 5 heteroatoms. The topological polar surface area (TPSA) is 49.5 Å². The van der Waals surface area contributed by atoms with Crippen molar-refractivity contribution in [2.24, 2.45) is 5.73 Å². The van der Waals surface area contributed by atoms with E-state index in [2.05, 4.69) is 39.3 Å². The zero-order chi connectivity index (χ0) is 13.2. The molecule has 0 radical (unpaired) electrons. The Morgan fingerprint density at radius 2 is 2.22 bits per heavy atom. The van der Waals surface area contributed by atoms with Gasteiger partial charge in [0.25, 0.3) is 0 Å². The summed E-state index contributed by atoms with van der Waals surface area (Å²) in [6.07, 6.45) is 4.12. The molecule has 1 saturated carbocycles. The number of hydrogen-bond donors (Lipinski definition) is 2. The molecule has 1 unspecified atom stereocenters. The molecular weight excluding hydrogens is 312 g/mol. The smallest absolute Gasteiger partial charge is 0.0774 e. The summed E-state index contributed by atoms with van der Waals surface area (Å²) in [5, 5.41) is 12.5. The van der Waals surface area contributed by atoms with Gasteiger partial charge in [0.15, 0.2) is 0 Å². The van der Waals surface area contributed by atoms with Crippen LogP contribution in [0.4, 0.5) is 0 Å². The number of halogens is 1. The van der Waals surface area contributed by atoms with Crippen LogP contribution in [0.5, 0.6) is 0 Å². The second-order valence-corrected chi connectivity index (χ2v) is 7.12. The van der Waals surface area contributed by atoms with Gasteiger partial charge in [0.1, 0.15) is 0 Å². The van der Waals surface area contributed by atoms with Crippen LogP contribution in [-0.4, -0.2) is 35.7 Å². The number of rotatable bonds is 5. The molecule has 1 aromatic heterocycles. The van der Waals surface area contributed by atoms with Gasteiger partial charge >= 0.3 is 0 Å². The molecule has 3 N–H and O–H groups in total. The minimum Gasteiger partial charge on any atom is -0.389 e. The van der Waals surface area contributed by atoms with E-state index in [9.17, 15) is 5.11 Å². The highest BCUT2D eigenvalue weighted by Crippen LogP contribution is 2.33. The van der Waals surface area contributed by atoms with E-state index in [-0.39, 0.29) is 6.04 Å². The van der Waals surface area contributed by atoms with Crippen molar-refractivity contribution in [2.45, 2.75) is 37.3 Å². The summed E-state index contributed by atoms with van der Waals surface area (Å²) < 4.78 is 1.11. The molecule has 102 valence electrons. The van der Waals surface area contributed by atoms with Crippen molar-refractivity contribution >= 4 is 27.3 Å². The maximum Gasteiger partial charge on any atom is 0.0774 e. The van der Waals surface area contributed by atoms with E-state index < -0.39 is 5.60 Å². The molecule has 0 bridgehead atoms. The van der Waals surface area contributed by atoms with Crippen LogP contribution >= 0.6 is 27.3 Å². The third kappa shape index (κ3) is 3.33. The van der Waals surface area contributed by atoms with Crippen LogP contribution in [0.2, 0.25) is 0 Å². The number of aliphatic hydroxyl groups is 1. The summed E-state index contributed by atoms with van der Waals surface area (Å²) in [6, 6.07) is 2.32. The zero-order valence-corrected chi connectivity index (χ0v) is 13.1. The standard InChI is InChI=1S/C13H21BrN2OS/c1-16(9-13(17)4-2-3-5-13)11(7-15)12-6-10(14)8-18-12/h6,8,11,17H,2-5,7,9,15H2,1H3. The molecule has 1 aliphatic rings. The van der Waals surface area contributed by atoms with Crippen LogP contribution in [-0.2, 0) is 0 Å². The number of nitrogens with two attached hydrogens (primary N) is 1. The van der Waals surface area contributed by atoms with Crippen LogP contribution in [0, 0.1) is 0 Å². The number of nitrogens with zero attached hydrogens (tertiary/aromatic N) is 1. The minimum absolute atomic E-state index is 0.200. The first-order chi connectivity index (χ1) is 8.54. The van der Waals surface area contributed by atoms with Crippen molar-refractivity contribution in [3.05, 3.63) is 20.8 Å². The van der Waals surface area contributed by atoms with E-state index in [0.29, 0.717) is 13.1 Å². The van der Waals surface area contributed by atoms with E-state index in [1.165, 1.54) is 4.88 Å². The summed E-state index contributed by atoms with van der Waals surface area (Å²) in [5.41, 5.74) is 5.40. The molecule has 0 aliphatic heterocycles. The molecule has 0 amide bonds. The van der Waals surface area contributed by atoms with Crippen molar-refractivity contribution in [1.29, 1.82) is 0 Å². The zero-order valence-electron chi connectivity index (χ0n) is 10.7. The Labute approximate surface area is 121 Å². The van der Waals surface area contributed by atoms with Crippen molar-refractivity contribution < 1.29 is 5.11 Å². The van der Waals surface area contributed by atoms with Gasteiger partial charge in [0.2, 0.25) is 0 Å². The fourth-order valence-electron chi connectivity index (χ4n) is 2.78. The summed E-state index contributed by atoms with van der Waals surface area (Å²) >= 11 is 5.20. The van der Waals surface area contributed by atoms with Crippen molar-refractivity contribution in [2.75, 3.05) is 20.1 Å². The van der Waals surface area contributed by atoms with E-state index in [1.54, 1.807) is 11.3 Å². The molecular formula is C13H21BrN2OS. The molecule has 1 aromatic rings. The number of likely N-dealkylation sites (N-methyl/N-ethyl adjacent to an activating group) is 1. The normalized spacial score (nSPS) is 20.5. The highest BCUT2D eigenvalue weighted by atomic mass is 79.9. The molecule has 2 rings (SSSR count). The van der Waals surface area contributed by atoms with Crippen molar-refractivity contribution in [1.82, 2.24) is 4.90 Å². The predicted molar refractivity (Wildman–Crippen MR) is 79.9 cm³/mol. The molecule has 3 nitrogen and oxygen atoms in total. The molecule has 18 heavy (non-hydrogen) atoms. The first-order valence-electron chi connectivity index (χ1n) is 6.41. The van der Waals surface area contributed by atoms with E-state index >= 15 is 0 Å².